The van der Waals surface area contributed by atoms with E-state index in [9.17, 15) is 9.59 Å². The first-order valence-corrected chi connectivity index (χ1v) is 8.20. The average Bonchev–Trinajstić information content (AvgIpc) is 2.44. The van der Waals surface area contributed by atoms with Crippen molar-refractivity contribution in [3.8, 4) is 0 Å². The molecule has 6 heteroatoms. The highest BCUT2D eigenvalue weighted by Crippen LogP contribution is 2.12. The molecular weight excluding hydrogens is 288 g/mol. The van der Waals surface area contributed by atoms with Gasteiger partial charge in [0, 0.05) is 5.69 Å². The third-order valence-electron chi connectivity index (χ3n) is 2.70. The van der Waals surface area contributed by atoms with Crippen LogP contribution < -0.4 is 11.1 Å². The molecule has 1 aromatic carbocycles. The Labute approximate surface area is 129 Å². The molecule has 5 nitrogen and oxygen atoms in total. The first kappa shape index (κ1) is 17.5. The van der Waals surface area contributed by atoms with Crippen molar-refractivity contribution in [2.24, 2.45) is 5.73 Å². The van der Waals surface area contributed by atoms with Crippen LogP contribution in [0.25, 0.3) is 0 Å². The fourth-order valence-corrected chi connectivity index (χ4v) is 2.07. The molecule has 3 N–H and O–H groups in total. The number of anilines is 1. The van der Waals surface area contributed by atoms with E-state index in [-0.39, 0.29) is 18.0 Å². The molecule has 0 aliphatic rings. The molecule has 1 atom stereocenters. The van der Waals surface area contributed by atoms with Crippen LogP contribution in [0, 0.1) is 0 Å². The summed E-state index contributed by atoms with van der Waals surface area (Å²) in [5, 5.41) is 2.73. The van der Waals surface area contributed by atoms with E-state index < -0.39 is 6.04 Å². The lowest BCUT2D eigenvalue weighted by Crippen LogP contribution is -2.36. The van der Waals surface area contributed by atoms with E-state index in [1.807, 2.05) is 6.26 Å². The Morgan fingerprint density at radius 3 is 2.43 bits per heavy atom. The Morgan fingerprint density at radius 2 is 1.90 bits per heavy atom. The van der Waals surface area contributed by atoms with Crippen molar-refractivity contribution in [1.29, 1.82) is 0 Å². The predicted molar refractivity (Wildman–Crippen MR) is 86.6 cm³/mol. The first-order valence-electron chi connectivity index (χ1n) is 6.80. The molecule has 0 aliphatic carbocycles. The van der Waals surface area contributed by atoms with Crippen LogP contribution >= 0.6 is 11.8 Å². The van der Waals surface area contributed by atoms with Gasteiger partial charge < -0.3 is 15.8 Å². The lowest BCUT2D eigenvalue weighted by atomic mass is 10.2. The summed E-state index contributed by atoms with van der Waals surface area (Å²) in [4.78, 5) is 23.5. The van der Waals surface area contributed by atoms with Crippen LogP contribution in [0.1, 0.15) is 30.6 Å². The molecule has 0 saturated heterocycles. The number of carbonyl (C=O) groups excluding carboxylic acids is 2. The van der Waals surface area contributed by atoms with E-state index in [0.29, 0.717) is 17.7 Å². The van der Waals surface area contributed by atoms with Gasteiger partial charge in [0.15, 0.2) is 0 Å². The number of nitrogens with one attached hydrogen (secondary N) is 1. The quantitative estimate of drug-likeness (QED) is 0.755. The van der Waals surface area contributed by atoms with Crippen molar-refractivity contribution < 1.29 is 14.3 Å². The van der Waals surface area contributed by atoms with Crippen LogP contribution in [0.4, 0.5) is 5.69 Å². The summed E-state index contributed by atoms with van der Waals surface area (Å²) in [5.74, 6) is 0.246. The van der Waals surface area contributed by atoms with Gasteiger partial charge in [0.25, 0.3) is 0 Å². The molecule has 1 amide bonds. The molecule has 0 saturated carbocycles. The van der Waals surface area contributed by atoms with Crippen LogP contribution in [0.15, 0.2) is 24.3 Å². The summed E-state index contributed by atoms with van der Waals surface area (Å²) in [6.45, 7) is 3.59. The summed E-state index contributed by atoms with van der Waals surface area (Å²) in [6, 6.07) is 6.04. The second-order valence-electron chi connectivity index (χ2n) is 4.91. The summed E-state index contributed by atoms with van der Waals surface area (Å²) in [5.41, 5.74) is 6.85. The molecule has 0 heterocycles. The van der Waals surface area contributed by atoms with Crippen molar-refractivity contribution in [2.75, 3.05) is 17.3 Å². The molecule has 0 bridgehead atoms. The van der Waals surface area contributed by atoms with Crippen LogP contribution in [0.2, 0.25) is 0 Å². The third-order valence-corrected chi connectivity index (χ3v) is 3.34. The van der Waals surface area contributed by atoms with Crippen molar-refractivity contribution in [3.63, 3.8) is 0 Å². The first-order chi connectivity index (χ1) is 9.93. The highest BCUT2D eigenvalue weighted by Gasteiger charge is 2.14. The van der Waals surface area contributed by atoms with Crippen molar-refractivity contribution >= 4 is 29.3 Å². The number of esters is 1. The zero-order valence-electron chi connectivity index (χ0n) is 12.6. The fraction of sp³-hybridized carbons (Fsp3) is 0.467. The van der Waals surface area contributed by atoms with Gasteiger partial charge in [-0.15, -0.1) is 0 Å². The Bertz CT molecular complexity index is 474. The Balaban J connectivity index is 2.58. The van der Waals surface area contributed by atoms with Gasteiger partial charge in [0.2, 0.25) is 5.91 Å². The van der Waals surface area contributed by atoms with Gasteiger partial charge in [-0.05, 0) is 56.5 Å². The second-order valence-corrected chi connectivity index (χ2v) is 5.89. The smallest absolute Gasteiger partial charge is 0.338 e. The number of ether oxygens (including phenoxy) is 1. The molecule has 0 spiro atoms. The maximum absolute atomic E-state index is 11.8. The lowest BCUT2D eigenvalue weighted by molar-refractivity contribution is -0.117. The summed E-state index contributed by atoms with van der Waals surface area (Å²) in [7, 11) is 0. The molecule has 0 radical (unpaired) electrons. The van der Waals surface area contributed by atoms with Gasteiger partial charge >= 0.3 is 5.97 Å². The Morgan fingerprint density at radius 1 is 1.29 bits per heavy atom. The zero-order valence-corrected chi connectivity index (χ0v) is 13.4. The van der Waals surface area contributed by atoms with E-state index in [1.165, 1.54) is 0 Å². The maximum atomic E-state index is 11.8. The minimum Gasteiger partial charge on any atom is -0.459 e. The molecule has 0 aliphatic heterocycles. The minimum absolute atomic E-state index is 0.161. The molecule has 116 valence electrons. The van der Waals surface area contributed by atoms with Gasteiger partial charge in [0.05, 0.1) is 17.7 Å². The largest absolute Gasteiger partial charge is 0.459 e. The predicted octanol–water partition coefficient (Wildman–Crippen LogP) is 2.27. The highest BCUT2D eigenvalue weighted by atomic mass is 32.2. The SMILES string of the molecule is CSCC[C@@H](N)C(=O)Nc1ccc(C(=O)OC(C)C)cc1. The van der Waals surface area contributed by atoms with Gasteiger partial charge in [-0.3, -0.25) is 4.79 Å². The summed E-state index contributed by atoms with van der Waals surface area (Å²) < 4.78 is 5.09. The molecular formula is C15H22N2O3S. The van der Waals surface area contributed by atoms with Gasteiger partial charge in [-0.1, -0.05) is 0 Å². The number of thioether (sulfide) groups is 1. The third kappa shape index (κ3) is 6.18. The van der Waals surface area contributed by atoms with Crippen LogP contribution in [-0.4, -0.2) is 36.0 Å². The Kier molecular flexibility index (Phi) is 7.25. The average molecular weight is 310 g/mol. The number of amides is 1. The Hall–Kier alpha value is -1.53. The van der Waals surface area contributed by atoms with E-state index >= 15 is 0 Å². The van der Waals surface area contributed by atoms with Gasteiger partial charge in [-0.25, -0.2) is 4.79 Å². The highest BCUT2D eigenvalue weighted by molar-refractivity contribution is 7.98. The second kappa shape index (κ2) is 8.69. The van der Waals surface area contributed by atoms with Crippen molar-refractivity contribution in [2.45, 2.75) is 32.4 Å². The van der Waals surface area contributed by atoms with Crippen molar-refractivity contribution in [3.05, 3.63) is 29.8 Å². The van der Waals surface area contributed by atoms with E-state index in [0.717, 1.165) is 5.75 Å². The van der Waals surface area contributed by atoms with Crippen LogP contribution in [0.5, 0.6) is 0 Å². The number of carbonyl (C=O) groups is 2. The van der Waals surface area contributed by atoms with Crippen LogP contribution in [0.3, 0.4) is 0 Å². The molecule has 1 aromatic rings. The maximum Gasteiger partial charge on any atom is 0.338 e. The van der Waals surface area contributed by atoms with Gasteiger partial charge in [-0.2, -0.15) is 11.8 Å². The summed E-state index contributed by atoms with van der Waals surface area (Å²) in [6.07, 6.45) is 2.44. The topological polar surface area (TPSA) is 81.4 Å². The molecule has 0 aromatic heterocycles. The number of rotatable bonds is 7. The minimum atomic E-state index is -0.525. The fourth-order valence-electron chi connectivity index (χ4n) is 1.58. The number of hydrogen-bond acceptors (Lipinski definition) is 5. The number of benzene rings is 1. The van der Waals surface area contributed by atoms with Gasteiger partial charge in [0.1, 0.15) is 0 Å². The standard InChI is InChI=1S/C15H22N2O3S/c1-10(2)20-15(19)11-4-6-12(7-5-11)17-14(18)13(16)8-9-21-3/h4-7,10,13H,8-9,16H2,1-3H3,(H,17,18)/t13-/m1/s1. The van der Waals surface area contributed by atoms with E-state index in [4.69, 9.17) is 10.5 Å². The summed E-state index contributed by atoms with van der Waals surface area (Å²) >= 11 is 1.65. The lowest BCUT2D eigenvalue weighted by Gasteiger charge is -2.12. The number of nitrogens with two attached hydrogens (primary N) is 1. The monoisotopic (exact) mass is 310 g/mol. The van der Waals surface area contributed by atoms with Crippen molar-refractivity contribution in [1.82, 2.24) is 0 Å². The normalized spacial score (nSPS) is 12.0. The van der Waals surface area contributed by atoms with Crippen LogP contribution in [-0.2, 0) is 9.53 Å². The molecule has 0 fully saturated rings. The molecule has 21 heavy (non-hydrogen) atoms. The number of hydrogen-bond donors (Lipinski definition) is 2. The molecule has 1 rings (SSSR count). The van der Waals surface area contributed by atoms with E-state index in [1.54, 1.807) is 49.9 Å². The van der Waals surface area contributed by atoms with E-state index in [2.05, 4.69) is 5.32 Å². The zero-order chi connectivity index (χ0) is 15.8. The molecule has 0 unspecified atom stereocenters.